The zero-order chi connectivity index (χ0) is 17.5. The van der Waals surface area contributed by atoms with Crippen LogP contribution in [-0.4, -0.2) is 22.3 Å². The minimum atomic E-state index is -0.500. The SMILES string of the molecule is CCc1cc(C(=O)NCc2cccc(OCC=CCl)c2F)n(C)n1. The normalized spacial score (nSPS) is 11.0. The summed E-state index contributed by atoms with van der Waals surface area (Å²) in [4.78, 5) is 12.2. The summed E-state index contributed by atoms with van der Waals surface area (Å²) in [6.07, 6.45) is 2.30. The Hall–Kier alpha value is -2.34. The first-order chi connectivity index (χ1) is 11.6. The molecule has 2 rings (SSSR count). The lowest BCUT2D eigenvalue weighted by molar-refractivity contribution is 0.0941. The second-order valence-electron chi connectivity index (χ2n) is 5.08. The quantitative estimate of drug-likeness (QED) is 0.833. The van der Waals surface area contributed by atoms with Gasteiger partial charge < -0.3 is 10.1 Å². The van der Waals surface area contributed by atoms with Crippen LogP contribution in [-0.2, 0) is 20.0 Å². The maximum Gasteiger partial charge on any atom is 0.269 e. The summed E-state index contributed by atoms with van der Waals surface area (Å²) in [6, 6.07) is 6.52. The smallest absolute Gasteiger partial charge is 0.269 e. The molecule has 0 spiro atoms. The van der Waals surface area contributed by atoms with Gasteiger partial charge in [-0.05, 0) is 24.6 Å². The fraction of sp³-hybridized carbons (Fsp3) is 0.294. The third-order valence-corrected chi connectivity index (χ3v) is 3.61. The summed E-state index contributed by atoms with van der Waals surface area (Å²) >= 11 is 5.40. The van der Waals surface area contributed by atoms with Crippen LogP contribution in [0.3, 0.4) is 0 Å². The number of amides is 1. The molecule has 2 aromatic rings. The fourth-order valence-electron chi connectivity index (χ4n) is 2.16. The van der Waals surface area contributed by atoms with Crippen molar-refractivity contribution >= 4 is 17.5 Å². The van der Waals surface area contributed by atoms with Crippen LogP contribution in [0, 0.1) is 5.82 Å². The van der Waals surface area contributed by atoms with Gasteiger partial charge in [0.05, 0.1) is 5.69 Å². The van der Waals surface area contributed by atoms with Crippen molar-refractivity contribution in [2.45, 2.75) is 19.9 Å². The van der Waals surface area contributed by atoms with Crippen LogP contribution in [0.5, 0.6) is 5.75 Å². The van der Waals surface area contributed by atoms with Gasteiger partial charge in [-0.1, -0.05) is 30.7 Å². The molecule has 24 heavy (non-hydrogen) atoms. The van der Waals surface area contributed by atoms with Gasteiger partial charge in [0, 0.05) is 24.7 Å². The monoisotopic (exact) mass is 351 g/mol. The van der Waals surface area contributed by atoms with E-state index in [0.29, 0.717) is 11.3 Å². The fourth-order valence-corrected chi connectivity index (χ4v) is 2.23. The Kier molecular flexibility index (Phi) is 6.37. The van der Waals surface area contributed by atoms with Gasteiger partial charge in [0.15, 0.2) is 11.6 Å². The highest BCUT2D eigenvalue weighted by Crippen LogP contribution is 2.20. The Morgan fingerprint density at radius 2 is 2.29 bits per heavy atom. The third kappa shape index (κ3) is 4.35. The van der Waals surface area contributed by atoms with Crippen molar-refractivity contribution in [1.29, 1.82) is 0 Å². The summed E-state index contributed by atoms with van der Waals surface area (Å²) < 4.78 is 21.1. The number of aromatic nitrogens is 2. The van der Waals surface area contributed by atoms with Gasteiger partial charge in [0.25, 0.3) is 5.91 Å². The number of aryl methyl sites for hydroxylation is 2. The summed E-state index contributed by atoms with van der Waals surface area (Å²) in [7, 11) is 1.70. The highest BCUT2D eigenvalue weighted by Gasteiger charge is 2.14. The van der Waals surface area contributed by atoms with E-state index in [1.807, 2.05) is 6.92 Å². The number of nitrogens with zero attached hydrogens (tertiary/aromatic N) is 2. The molecule has 1 amide bonds. The summed E-state index contributed by atoms with van der Waals surface area (Å²) in [5.41, 5.74) is 2.91. The molecule has 1 N–H and O–H groups in total. The first-order valence-corrected chi connectivity index (χ1v) is 7.97. The van der Waals surface area contributed by atoms with Crippen molar-refractivity contribution in [2.75, 3.05) is 6.61 Å². The van der Waals surface area contributed by atoms with E-state index in [-0.39, 0.29) is 24.8 Å². The molecule has 0 aliphatic heterocycles. The van der Waals surface area contributed by atoms with Gasteiger partial charge in [0.2, 0.25) is 0 Å². The number of hydrogen-bond acceptors (Lipinski definition) is 3. The van der Waals surface area contributed by atoms with E-state index < -0.39 is 5.82 Å². The predicted molar refractivity (Wildman–Crippen MR) is 90.6 cm³/mol. The molecular weight excluding hydrogens is 333 g/mol. The number of carbonyl (C=O) groups is 1. The van der Waals surface area contributed by atoms with Crippen molar-refractivity contribution in [1.82, 2.24) is 15.1 Å². The number of halogens is 2. The molecule has 0 unspecified atom stereocenters. The van der Waals surface area contributed by atoms with Crippen LogP contribution < -0.4 is 10.1 Å². The van der Waals surface area contributed by atoms with Crippen molar-refractivity contribution in [3.05, 3.63) is 58.6 Å². The van der Waals surface area contributed by atoms with Gasteiger partial charge in [0.1, 0.15) is 12.3 Å². The lowest BCUT2D eigenvalue weighted by Crippen LogP contribution is -2.25. The Balaban J connectivity index is 2.04. The van der Waals surface area contributed by atoms with Crippen LogP contribution in [0.15, 0.2) is 35.9 Å². The Bertz CT molecular complexity index is 743. The molecule has 0 atom stereocenters. The molecule has 7 heteroatoms. The number of benzene rings is 1. The zero-order valence-corrected chi connectivity index (χ0v) is 14.3. The van der Waals surface area contributed by atoms with Crippen LogP contribution in [0.25, 0.3) is 0 Å². The predicted octanol–water partition coefficient (Wildman–Crippen LogP) is 3.18. The van der Waals surface area contributed by atoms with E-state index in [4.69, 9.17) is 16.3 Å². The molecule has 1 heterocycles. The molecule has 0 saturated carbocycles. The molecule has 0 aliphatic rings. The average Bonchev–Trinajstić information content (AvgIpc) is 2.96. The molecule has 0 saturated heterocycles. The van der Waals surface area contributed by atoms with E-state index in [0.717, 1.165) is 12.1 Å². The van der Waals surface area contributed by atoms with Crippen molar-refractivity contribution in [3.63, 3.8) is 0 Å². The maximum atomic E-state index is 14.3. The number of nitrogens with one attached hydrogen (secondary N) is 1. The first kappa shape index (κ1) is 18.0. The molecule has 1 aromatic heterocycles. The molecule has 0 bridgehead atoms. The highest BCUT2D eigenvalue weighted by atomic mass is 35.5. The average molecular weight is 352 g/mol. The van der Waals surface area contributed by atoms with Crippen LogP contribution in [0.4, 0.5) is 4.39 Å². The Morgan fingerprint density at radius 3 is 2.96 bits per heavy atom. The number of hydrogen-bond donors (Lipinski definition) is 1. The van der Waals surface area contributed by atoms with Crippen molar-refractivity contribution < 1.29 is 13.9 Å². The van der Waals surface area contributed by atoms with Gasteiger partial charge in [-0.3, -0.25) is 9.48 Å². The van der Waals surface area contributed by atoms with Gasteiger partial charge in [-0.2, -0.15) is 5.10 Å². The summed E-state index contributed by atoms with van der Waals surface area (Å²) in [5.74, 6) is -0.689. The Morgan fingerprint density at radius 1 is 1.50 bits per heavy atom. The van der Waals surface area contributed by atoms with Crippen LogP contribution >= 0.6 is 11.6 Å². The number of ether oxygens (including phenoxy) is 1. The summed E-state index contributed by atoms with van der Waals surface area (Å²) in [6.45, 7) is 2.19. The molecule has 128 valence electrons. The van der Waals surface area contributed by atoms with E-state index in [1.54, 1.807) is 31.3 Å². The second kappa shape index (κ2) is 8.49. The van der Waals surface area contributed by atoms with E-state index in [2.05, 4.69) is 10.4 Å². The molecule has 0 aliphatic carbocycles. The van der Waals surface area contributed by atoms with Crippen LogP contribution in [0.2, 0.25) is 0 Å². The van der Waals surface area contributed by atoms with E-state index in [1.165, 1.54) is 16.3 Å². The maximum absolute atomic E-state index is 14.3. The highest BCUT2D eigenvalue weighted by molar-refractivity contribution is 6.25. The lowest BCUT2D eigenvalue weighted by atomic mass is 10.2. The molecule has 0 radical (unpaired) electrons. The van der Waals surface area contributed by atoms with Crippen molar-refractivity contribution in [3.8, 4) is 5.75 Å². The van der Waals surface area contributed by atoms with E-state index in [9.17, 15) is 9.18 Å². The first-order valence-electron chi connectivity index (χ1n) is 7.53. The number of rotatable bonds is 7. The van der Waals surface area contributed by atoms with Gasteiger partial charge in [-0.15, -0.1) is 0 Å². The Labute approximate surface area is 145 Å². The number of carbonyl (C=O) groups excluding carboxylic acids is 1. The topological polar surface area (TPSA) is 56.1 Å². The molecule has 1 aromatic carbocycles. The van der Waals surface area contributed by atoms with Gasteiger partial charge >= 0.3 is 0 Å². The lowest BCUT2D eigenvalue weighted by Gasteiger charge is -2.10. The second-order valence-corrected chi connectivity index (χ2v) is 5.33. The van der Waals surface area contributed by atoms with Crippen LogP contribution in [0.1, 0.15) is 28.7 Å². The van der Waals surface area contributed by atoms with Gasteiger partial charge in [-0.25, -0.2) is 4.39 Å². The minimum Gasteiger partial charge on any atom is -0.486 e. The molecular formula is C17H19ClFN3O2. The van der Waals surface area contributed by atoms with Crippen molar-refractivity contribution in [2.24, 2.45) is 7.05 Å². The molecule has 0 fully saturated rings. The minimum absolute atomic E-state index is 0.0554. The standard InChI is InChI=1S/C17H19ClFN3O2/c1-3-13-10-14(22(2)21-13)17(23)20-11-12-6-4-7-15(16(12)19)24-9-5-8-18/h4-8,10H,3,9,11H2,1-2H3,(H,20,23). The molecule has 5 nitrogen and oxygen atoms in total. The summed E-state index contributed by atoms with van der Waals surface area (Å²) in [5, 5.41) is 6.92. The largest absolute Gasteiger partial charge is 0.486 e. The van der Waals surface area contributed by atoms with E-state index >= 15 is 0 Å². The third-order valence-electron chi connectivity index (χ3n) is 3.43. The zero-order valence-electron chi connectivity index (χ0n) is 13.6.